The van der Waals surface area contributed by atoms with E-state index in [1.807, 2.05) is 50.2 Å². The third-order valence-corrected chi connectivity index (χ3v) is 9.12. The summed E-state index contributed by atoms with van der Waals surface area (Å²) < 4.78 is 29.1. The number of nitrogens with zero attached hydrogens (tertiary/aromatic N) is 3. The van der Waals surface area contributed by atoms with Gasteiger partial charge in [-0.25, -0.2) is 8.42 Å². The lowest BCUT2D eigenvalue weighted by Gasteiger charge is -2.25. The van der Waals surface area contributed by atoms with Crippen LogP contribution >= 0.6 is 0 Å². The Bertz CT molecular complexity index is 1610. The molecule has 1 fully saturated rings. The first-order valence-electron chi connectivity index (χ1n) is 13.0. The molecule has 1 aliphatic carbocycles. The van der Waals surface area contributed by atoms with E-state index in [4.69, 9.17) is 0 Å². The number of aromatic hydroxyl groups is 1. The number of rotatable bonds is 7. The second-order valence-electron chi connectivity index (χ2n) is 9.89. The number of aryl methyl sites for hydroxylation is 1. The molecule has 0 amide bonds. The van der Waals surface area contributed by atoms with E-state index < -0.39 is 32.2 Å². The number of hydrogen-bond donors (Lipinski definition) is 1. The van der Waals surface area contributed by atoms with Crippen LogP contribution in [0.4, 0.5) is 0 Å². The monoisotopic (exact) mass is 529 g/mol. The molecule has 0 bridgehead atoms. The van der Waals surface area contributed by atoms with Gasteiger partial charge in [0.05, 0.1) is 10.9 Å². The van der Waals surface area contributed by atoms with Crippen molar-refractivity contribution in [2.45, 2.75) is 67.7 Å². The first-order chi connectivity index (χ1) is 18.3. The summed E-state index contributed by atoms with van der Waals surface area (Å²) in [7, 11) is -4.36. The Labute approximate surface area is 222 Å². The van der Waals surface area contributed by atoms with Crippen LogP contribution in [0, 0.1) is 6.92 Å². The summed E-state index contributed by atoms with van der Waals surface area (Å²) in [6.45, 7) is 3.90. The van der Waals surface area contributed by atoms with Gasteiger partial charge in [-0.15, -0.1) is 0 Å². The second-order valence-corrected chi connectivity index (χ2v) is 11.8. The van der Waals surface area contributed by atoms with Gasteiger partial charge in [0.15, 0.2) is 4.90 Å². The van der Waals surface area contributed by atoms with Gasteiger partial charge in [-0.05, 0) is 61.1 Å². The SMILES string of the molecule is CC[C@@H](c1ccccc1)n1c(C2CCCC2)nc(O)c(S(=O)(=O)c2ccc(-c3cncc(C)c3)cc2)c1=O. The Hall–Kier alpha value is -3.78. The van der Waals surface area contributed by atoms with E-state index in [9.17, 15) is 18.3 Å². The average molecular weight is 530 g/mol. The molecule has 1 N–H and O–H groups in total. The van der Waals surface area contributed by atoms with Gasteiger partial charge in [-0.2, -0.15) is 4.98 Å². The van der Waals surface area contributed by atoms with Crippen molar-refractivity contribution in [1.82, 2.24) is 14.5 Å². The smallest absolute Gasteiger partial charge is 0.277 e. The molecule has 0 unspecified atom stereocenters. The third kappa shape index (κ3) is 4.76. The Morgan fingerprint density at radius 3 is 2.32 bits per heavy atom. The maximum atomic E-state index is 14.1. The van der Waals surface area contributed by atoms with E-state index in [0.717, 1.165) is 47.9 Å². The van der Waals surface area contributed by atoms with Gasteiger partial charge < -0.3 is 5.11 Å². The molecule has 8 heteroatoms. The molecule has 7 nitrogen and oxygen atoms in total. The molecule has 1 saturated carbocycles. The van der Waals surface area contributed by atoms with Crippen molar-refractivity contribution < 1.29 is 13.5 Å². The number of hydrogen-bond acceptors (Lipinski definition) is 6. The Morgan fingerprint density at radius 2 is 1.68 bits per heavy atom. The van der Waals surface area contributed by atoms with E-state index >= 15 is 0 Å². The normalized spacial score (nSPS) is 15.0. The molecule has 0 aliphatic heterocycles. The first kappa shape index (κ1) is 25.9. The van der Waals surface area contributed by atoms with E-state index in [-0.39, 0.29) is 10.8 Å². The second kappa shape index (κ2) is 10.5. The number of pyridine rings is 1. The van der Waals surface area contributed by atoms with Crippen LogP contribution in [-0.2, 0) is 9.84 Å². The van der Waals surface area contributed by atoms with Crippen molar-refractivity contribution in [3.8, 4) is 17.0 Å². The van der Waals surface area contributed by atoms with E-state index in [2.05, 4.69) is 9.97 Å². The van der Waals surface area contributed by atoms with E-state index in [1.165, 1.54) is 16.7 Å². The average Bonchev–Trinajstić information content (AvgIpc) is 3.46. The van der Waals surface area contributed by atoms with Gasteiger partial charge in [0.1, 0.15) is 5.82 Å². The molecule has 0 saturated heterocycles. The van der Waals surface area contributed by atoms with Crippen molar-refractivity contribution in [3.63, 3.8) is 0 Å². The number of benzene rings is 2. The van der Waals surface area contributed by atoms with E-state index in [0.29, 0.717) is 12.2 Å². The number of sulfone groups is 1. The molecule has 2 heterocycles. The van der Waals surface area contributed by atoms with Crippen LogP contribution < -0.4 is 5.56 Å². The fraction of sp³-hybridized carbons (Fsp3) is 0.300. The molecule has 4 aromatic rings. The van der Waals surface area contributed by atoms with Crippen molar-refractivity contribution in [1.29, 1.82) is 0 Å². The summed E-state index contributed by atoms with van der Waals surface area (Å²) in [5.41, 5.74) is 2.80. The lowest BCUT2D eigenvalue weighted by Crippen LogP contribution is -2.34. The topological polar surface area (TPSA) is 102 Å². The lowest BCUT2D eigenvalue weighted by atomic mass is 10.0. The highest BCUT2D eigenvalue weighted by atomic mass is 32.2. The molecule has 5 rings (SSSR count). The van der Waals surface area contributed by atoms with Gasteiger partial charge in [-0.1, -0.05) is 62.2 Å². The highest BCUT2D eigenvalue weighted by molar-refractivity contribution is 7.91. The molecule has 1 atom stereocenters. The maximum Gasteiger partial charge on any atom is 0.277 e. The molecular formula is C30H31N3O4S. The minimum absolute atomic E-state index is 0.00895. The summed E-state index contributed by atoms with van der Waals surface area (Å²) in [5, 5.41) is 10.9. The zero-order chi connectivity index (χ0) is 26.9. The Balaban J connectivity index is 1.65. The van der Waals surface area contributed by atoms with E-state index in [1.54, 1.807) is 24.5 Å². The third-order valence-electron chi connectivity index (χ3n) is 7.33. The quantitative estimate of drug-likeness (QED) is 0.324. The minimum Gasteiger partial charge on any atom is -0.492 e. The van der Waals surface area contributed by atoms with Crippen LogP contribution in [0.5, 0.6) is 5.88 Å². The van der Waals surface area contributed by atoms with Crippen LogP contribution in [-0.4, -0.2) is 28.1 Å². The molecule has 1 aliphatic rings. The summed E-state index contributed by atoms with van der Waals surface area (Å²) in [4.78, 5) is 21.9. The molecule has 38 heavy (non-hydrogen) atoms. The zero-order valence-corrected chi connectivity index (χ0v) is 22.4. The van der Waals surface area contributed by atoms with Crippen LogP contribution in [0.1, 0.15) is 67.9 Å². The summed E-state index contributed by atoms with van der Waals surface area (Å²) in [6, 6.07) is 17.4. The largest absolute Gasteiger partial charge is 0.492 e. The highest BCUT2D eigenvalue weighted by Crippen LogP contribution is 2.37. The molecule has 2 aromatic carbocycles. The van der Waals surface area contributed by atoms with Crippen molar-refractivity contribution in [2.75, 3.05) is 0 Å². The fourth-order valence-electron chi connectivity index (χ4n) is 5.43. The van der Waals surface area contributed by atoms with Gasteiger partial charge in [0.25, 0.3) is 5.56 Å². The Morgan fingerprint density at radius 1 is 1.00 bits per heavy atom. The highest BCUT2D eigenvalue weighted by Gasteiger charge is 2.34. The van der Waals surface area contributed by atoms with Crippen molar-refractivity contribution >= 4 is 9.84 Å². The van der Waals surface area contributed by atoms with Gasteiger partial charge in [0, 0.05) is 23.9 Å². The van der Waals surface area contributed by atoms with Gasteiger partial charge in [-0.3, -0.25) is 14.3 Å². The minimum atomic E-state index is -4.36. The summed E-state index contributed by atoms with van der Waals surface area (Å²) in [6.07, 6.45) is 7.73. The lowest BCUT2D eigenvalue weighted by molar-refractivity contribution is 0.399. The first-order valence-corrected chi connectivity index (χ1v) is 14.5. The standard InChI is InChI=1S/C30H31N3O4S/c1-3-26(22-9-5-4-6-10-22)33-28(23-11-7-8-12-23)32-29(34)27(30(33)35)38(36,37)25-15-13-21(14-16-25)24-17-20(2)18-31-19-24/h4-6,9-10,13-19,23,26,34H,3,7-8,11-12H2,1-2H3/t26-/m0/s1. The van der Waals surface area contributed by atoms with Crippen LogP contribution in [0.25, 0.3) is 11.1 Å². The Kier molecular flexibility index (Phi) is 7.17. The van der Waals surface area contributed by atoms with Crippen LogP contribution in [0.15, 0.2) is 87.6 Å². The molecule has 2 aromatic heterocycles. The molecule has 0 spiro atoms. The molecule has 0 radical (unpaired) electrons. The maximum absolute atomic E-state index is 14.1. The van der Waals surface area contributed by atoms with Crippen molar-refractivity contribution in [3.05, 3.63) is 100 Å². The van der Waals surface area contributed by atoms with Crippen LogP contribution in [0.3, 0.4) is 0 Å². The number of aromatic nitrogens is 3. The predicted molar refractivity (Wildman–Crippen MR) is 146 cm³/mol. The predicted octanol–water partition coefficient (Wildman–Crippen LogP) is 5.81. The van der Waals surface area contributed by atoms with Gasteiger partial charge >= 0.3 is 0 Å². The van der Waals surface area contributed by atoms with Crippen LogP contribution in [0.2, 0.25) is 0 Å². The summed E-state index contributed by atoms with van der Waals surface area (Å²) >= 11 is 0. The summed E-state index contributed by atoms with van der Waals surface area (Å²) in [5.74, 6) is -0.282. The van der Waals surface area contributed by atoms with Crippen molar-refractivity contribution in [2.24, 2.45) is 0 Å². The zero-order valence-electron chi connectivity index (χ0n) is 21.5. The molecule has 196 valence electrons. The molecular weight excluding hydrogens is 498 g/mol. The van der Waals surface area contributed by atoms with Gasteiger partial charge in [0.2, 0.25) is 15.7 Å². The fourth-order valence-corrected chi connectivity index (χ4v) is 6.77.